The van der Waals surface area contributed by atoms with Gasteiger partial charge in [0, 0.05) is 12.6 Å². The monoisotopic (exact) mass is 299 g/mol. The van der Waals surface area contributed by atoms with Gasteiger partial charge in [-0.25, -0.2) is 0 Å². The lowest BCUT2D eigenvalue weighted by molar-refractivity contribution is -0.140. The first-order valence-corrected chi connectivity index (χ1v) is 7.45. The smallest absolute Gasteiger partial charge is 0.246 e. The van der Waals surface area contributed by atoms with Gasteiger partial charge < -0.3 is 20.2 Å². The highest BCUT2D eigenvalue weighted by atomic mass is 16.3. The van der Waals surface area contributed by atoms with Gasteiger partial charge in [0.15, 0.2) is 0 Å². The summed E-state index contributed by atoms with van der Waals surface area (Å²) in [6.07, 6.45) is 0.121. The standard InChI is InChI=1S/C15H29N3O3/c1-10-7-11(19)8-18(10)14(21)13(15(2,3)4)16-12(20)9-17(5)6/h10-11,13,19H,7-9H2,1-6H3,(H,16,20). The maximum atomic E-state index is 12.8. The number of rotatable bonds is 4. The van der Waals surface area contributed by atoms with Gasteiger partial charge in [-0.1, -0.05) is 20.8 Å². The Balaban J connectivity index is 2.83. The summed E-state index contributed by atoms with van der Waals surface area (Å²) in [6, 6.07) is -0.583. The van der Waals surface area contributed by atoms with Crippen LogP contribution in [0, 0.1) is 5.41 Å². The number of aliphatic hydroxyl groups is 1. The van der Waals surface area contributed by atoms with E-state index >= 15 is 0 Å². The Labute approximate surface area is 127 Å². The zero-order valence-corrected chi connectivity index (χ0v) is 14.0. The highest BCUT2D eigenvalue weighted by molar-refractivity contribution is 5.89. The van der Waals surface area contributed by atoms with Crippen molar-refractivity contribution in [3.8, 4) is 0 Å². The van der Waals surface area contributed by atoms with Crippen molar-refractivity contribution in [2.75, 3.05) is 27.2 Å². The van der Waals surface area contributed by atoms with Gasteiger partial charge in [0.2, 0.25) is 11.8 Å². The summed E-state index contributed by atoms with van der Waals surface area (Å²) in [5.41, 5.74) is -0.383. The molecule has 1 aliphatic rings. The van der Waals surface area contributed by atoms with Crippen molar-refractivity contribution in [2.24, 2.45) is 5.41 Å². The second kappa shape index (κ2) is 6.75. The predicted molar refractivity (Wildman–Crippen MR) is 81.7 cm³/mol. The van der Waals surface area contributed by atoms with E-state index in [1.54, 1.807) is 9.80 Å². The molecule has 3 unspecified atom stereocenters. The molecule has 6 nitrogen and oxygen atoms in total. The van der Waals surface area contributed by atoms with Crippen LogP contribution in [0.15, 0.2) is 0 Å². The molecule has 122 valence electrons. The Kier molecular flexibility index (Phi) is 5.75. The van der Waals surface area contributed by atoms with Gasteiger partial charge in [-0.15, -0.1) is 0 Å². The van der Waals surface area contributed by atoms with Crippen molar-refractivity contribution in [1.82, 2.24) is 15.1 Å². The fourth-order valence-corrected chi connectivity index (χ4v) is 2.62. The molecule has 1 aliphatic heterocycles. The number of nitrogens with zero attached hydrogens (tertiary/aromatic N) is 2. The van der Waals surface area contributed by atoms with Gasteiger partial charge in [0.25, 0.3) is 0 Å². The largest absolute Gasteiger partial charge is 0.391 e. The maximum absolute atomic E-state index is 12.8. The minimum atomic E-state index is -0.585. The summed E-state index contributed by atoms with van der Waals surface area (Å²) in [4.78, 5) is 28.2. The molecule has 21 heavy (non-hydrogen) atoms. The summed E-state index contributed by atoms with van der Waals surface area (Å²) in [5.74, 6) is -0.278. The van der Waals surface area contributed by atoms with E-state index in [0.29, 0.717) is 13.0 Å². The van der Waals surface area contributed by atoms with Crippen molar-refractivity contribution in [3.63, 3.8) is 0 Å². The number of hydrogen-bond donors (Lipinski definition) is 2. The van der Waals surface area contributed by atoms with E-state index in [9.17, 15) is 14.7 Å². The van der Waals surface area contributed by atoms with E-state index in [4.69, 9.17) is 0 Å². The Morgan fingerprint density at radius 3 is 2.33 bits per heavy atom. The third-order valence-corrected chi connectivity index (χ3v) is 3.71. The Morgan fingerprint density at radius 1 is 1.38 bits per heavy atom. The zero-order chi connectivity index (χ0) is 16.4. The van der Waals surface area contributed by atoms with Gasteiger partial charge in [0.05, 0.1) is 12.6 Å². The Hall–Kier alpha value is -1.14. The number of amides is 2. The van der Waals surface area contributed by atoms with Gasteiger partial charge >= 0.3 is 0 Å². The van der Waals surface area contributed by atoms with E-state index < -0.39 is 12.1 Å². The molecule has 1 saturated heterocycles. The van der Waals surface area contributed by atoms with E-state index in [1.165, 1.54) is 0 Å². The lowest BCUT2D eigenvalue weighted by Crippen LogP contribution is -2.56. The Morgan fingerprint density at radius 2 is 1.95 bits per heavy atom. The molecule has 0 saturated carbocycles. The van der Waals surface area contributed by atoms with E-state index in [1.807, 2.05) is 41.8 Å². The first-order chi connectivity index (χ1) is 9.52. The third-order valence-electron chi connectivity index (χ3n) is 3.71. The molecule has 0 aliphatic carbocycles. The maximum Gasteiger partial charge on any atom is 0.246 e. The van der Waals surface area contributed by atoms with Gasteiger partial charge in [-0.05, 0) is 32.9 Å². The second-order valence-electron chi connectivity index (χ2n) is 7.33. The van der Waals surface area contributed by atoms with E-state index in [2.05, 4.69) is 5.32 Å². The summed E-state index contributed by atoms with van der Waals surface area (Å²) in [6.45, 7) is 8.32. The highest BCUT2D eigenvalue weighted by Crippen LogP contribution is 2.25. The second-order valence-corrected chi connectivity index (χ2v) is 7.33. The Bertz CT molecular complexity index is 390. The molecule has 0 aromatic carbocycles. The molecule has 1 fully saturated rings. The summed E-state index contributed by atoms with van der Waals surface area (Å²) in [5, 5.41) is 12.6. The molecule has 3 atom stereocenters. The van der Waals surface area contributed by atoms with Gasteiger partial charge in [-0.3, -0.25) is 9.59 Å². The van der Waals surface area contributed by atoms with Gasteiger partial charge in [0.1, 0.15) is 6.04 Å². The number of β-amino-alcohol motifs (C(OH)–C–C–N with tert-alkyl or cyclic N) is 1. The molecular weight excluding hydrogens is 270 g/mol. The lowest BCUT2D eigenvalue weighted by Gasteiger charge is -2.35. The number of carbonyl (C=O) groups is 2. The average Bonchev–Trinajstić information content (AvgIpc) is 2.62. The number of carbonyl (C=O) groups excluding carboxylic acids is 2. The molecule has 0 aromatic rings. The number of likely N-dealkylation sites (N-methyl/N-ethyl adjacent to an activating group) is 1. The molecule has 2 amide bonds. The van der Waals surface area contributed by atoms with Crippen LogP contribution in [0.4, 0.5) is 0 Å². The lowest BCUT2D eigenvalue weighted by atomic mass is 9.85. The van der Waals surface area contributed by atoms with Crippen molar-refractivity contribution >= 4 is 11.8 Å². The summed E-state index contributed by atoms with van der Waals surface area (Å²) >= 11 is 0. The molecule has 0 spiro atoms. The first kappa shape index (κ1) is 17.9. The molecule has 1 heterocycles. The van der Waals surface area contributed by atoms with Crippen molar-refractivity contribution in [3.05, 3.63) is 0 Å². The number of nitrogens with one attached hydrogen (secondary N) is 1. The van der Waals surface area contributed by atoms with Crippen molar-refractivity contribution < 1.29 is 14.7 Å². The van der Waals surface area contributed by atoms with Crippen LogP contribution in [0.25, 0.3) is 0 Å². The molecule has 0 aromatic heterocycles. The molecule has 1 rings (SSSR count). The predicted octanol–water partition coefficient (Wildman–Crippen LogP) is 0.0606. The zero-order valence-electron chi connectivity index (χ0n) is 14.0. The molecule has 2 N–H and O–H groups in total. The summed E-state index contributed by atoms with van der Waals surface area (Å²) < 4.78 is 0. The summed E-state index contributed by atoms with van der Waals surface area (Å²) in [7, 11) is 3.62. The van der Waals surface area contributed by atoms with Crippen LogP contribution in [-0.4, -0.2) is 72.1 Å². The normalized spacial score (nSPS) is 24.3. The number of aliphatic hydroxyl groups excluding tert-OH is 1. The fourth-order valence-electron chi connectivity index (χ4n) is 2.62. The molecule has 0 radical (unpaired) electrons. The van der Waals surface area contributed by atoms with E-state index in [-0.39, 0.29) is 29.8 Å². The van der Waals surface area contributed by atoms with Crippen LogP contribution in [0.5, 0.6) is 0 Å². The first-order valence-electron chi connectivity index (χ1n) is 7.45. The SMILES string of the molecule is CC1CC(O)CN1C(=O)C(NC(=O)CN(C)C)C(C)(C)C. The third kappa shape index (κ3) is 4.97. The van der Waals surface area contributed by atoms with Crippen molar-refractivity contribution in [2.45, 2.75) is 52.3 Å². The highest BCUT2D eigenvalue weighted by Gasteiger charge is 2.40. The molecular formula is C15H29N3O3. The van der Waals surface area contributed by atoms with Crippen LogP contribution >= 0.6 is 0 Å². The van der Waals surface area contributed by atoms with Crippen LogP contribution in [0.1, 0.15) is 34.1 Å². The van der Waals surface area contributed by atoms with Crippen LogP contribution in [0.2, 0.25) is 0 Å². The van der Waals surface area contributed by atoms with E-state index in [0.717, 1.165) is 0 Å². The van der Waals surface area contributed by atoms with Crippen LogP contribution < -0.4 is 5.32 Å². The fraction of sp³-hybridized carbons (Fsp3) is 0.867. The minimum Gasteiger partial charge on any atom is -0.391 e. The molecule has 0 bridgehead atoms. The average molecular weight is 299 g/mol. The topological polar surface area (TPSA) is 72.9 Å². The number of likely N-dealkylation sites (tertiary alicyclic amines) is 1. The number of hydrogen-bond acceptors (Lipinski definition) is 4. The van der Waals surface area contributed by atoms with Crippen molar-refractivity contribution in [1.29, 1.82) is 0 Å². The quantitative estimate of drug-likeness (QED) is 0.770. The van der Waals surface area contributed by atoms with Crippen LogP contribution in [0.3, 0.4) is 0 Å². The molecule has 6 heteroatoms. The van der Waals surface area contributed by atoms with Crippen LogP contribution in [-0.2, 0) is 9.59 Å². The minimum absolute atomic E-state index is 0.00287. The van der Waals surface area contributed by atoms with Gasteiger partial charge in [-0.2, -0.15) is 0 Å².